The molecule has 82 valence electrons. The molecule has 0 radical (unpaired) electrons. The molecule has 0 aliphatic carbocycles. The maximum Gasteiger partial charge on any atom is 0.339 e. The van der Waals surface area contributed by atoms with Gasteiger partial charge in [0.05, 0.1) is 5.39 Å². The summed E-state index contributed by atoms with van der Waals surface area (Å²) < 4.78 is 5.82. The second-order valence-corrected chi connectivity index (χ2v) is 4.27. The van der Waals surface area contributed by atoms with Crippen LogP contribution in [0.5, 0.6) is 0 Å². The molecular weight excluding hydrogens is 276 g/mol. The summed E-state index contributed by atoms with van der Waals surface area (Å²) in [6.45, 7) is 1.61. The van der Waals surface area contributed by atoms with E-state index in [1.54, 1.807) is 13.0 Å². The number of aryl methyl sites for hydroxylation is 1. The number of hydrogen-bond donors (Lipinski definition) is 1. The molecule has 1 aromatic carbocycles. The van der Waals surface area contributed by atoms with Gasteiger partial charge in [0, 0.05) is 10.5 Å². The van der Waals surface area contributed by atoms with E-state index in [2.05, 4.69) is 15.9 Å². The average molecular weight is 283 g/mol. The van der Waals surface area contributed by atoms with Crippen molar-refractivity contribution in [1.29, 1.82) is 0 Å². The van der Waals surface area contributed by atoms with Crippen molar-refractivity contribution in [1.82, 2.24) is 0 Å². The van der Waals surface area contributed by atoms with Crippen molar-refractivity contribution in [3.8, 4) is 0 Å². The van der Waals surface area contributed by atoms with Crippen LogP contribution in [0.25, 0.3) is 11.0 Å². The first-order chi connectivity index (χ1) is 7.49. The third kappa shape index (κ3) is 1.74. The minimum absolute atomic E-state index is 0.0230. The fourth-order valence-electron chi connectivity index (χ4n) is 1.50. The molecule has 0 aliphatic rings. The monoisotopic (exact) mass is 282 g/mol. The van der Waals surface area contributed by atoms with Crippen LogP contribution in [0.2, 0.25) is 0 Å². The van der Waals surface area contributed by atoms with Gasteiger partial charge in [-0.25, -0.2) is 4.79 Å². The van der Waals surface area contributed by atoms with Crippen molar-refractivity contribution in [2.24, 2.45) is 0 Å². The smallest absolute Gasteiger partial charge is 0.339 e. The Balaban J connectivity index is 3.01. The minimum atomic E-state index is -1.12. The highest BCUT2D eigenvalue weighted by Gasteiger charge is 2.14. The maximum absolute atomic E-state index is 11.7. The molecule has 0 saturated carbocycles. The molecule has 1 aromatic heterocycles. The Hall–Kier alpha value is -1.62. The number of hydrogen-bond acceptors (Lipinski definition) is 3. The molecule has 0 saturated heterocycles. The van der Waals surface area contributed by atoms with Gasteiger partial charge in [-0.2, -0.15) is 0 Å². The van der Waals surface area contributed by atoms with E-state index in [0.717, 1.165) is 0 Å². The van der Waals surface area contributed by atoms with Crippen LogP contribution in [0.15, 0.2) is 31.9 Å². The van der Waals surface area contributed by atoms with Crippen molar-refractivity contribution in [2.75, 3.05) is 0 Å². The lowest BCUT2D eigenvalue weighted by Crippen LogP contribution is -2.05. The fourth-order valence-corrected chi connectivity index (χ4v) is 1.96. The SMILES string of the molecule is Cc1cc(=O)c2cc(Br)cc(C(=O)O)c2o1. The zero-order valence-electron chi connectivity index (χ0n) is 8.28. The summed E-state index contributed by atoms with van der Waals surface area (Å²) in [7, 11) is 0. The van der Waals surface area contributed by atoms with Crippen LogP contribution in [0, 0.1) is 6.92 Å². The van der Waals surface area contributed by atoms with Crippen molar-refractivity contribution < 1.29 is 14.3 Å². The second kappa shape index (κ2) is 3.75. The Morgan fingerprint density at radius 1 is 1.38 bits per heavy atom. The Kier molecular flexibility index (Phi) is 2.55. The molecule has 5 heteroatoms. The highest BCUT2D eigenvalue weighted by Crippen LogP contribution is 2.23. The standard InChI is InChI=1S/C11H7BrO4/c1-5-2-9(13)7-3-6(12)4-8(11(14)15)10(7)16-5/h2-4H,1H3,(H,14,15). The van der Waals surface area contributed by atoms with Crippen LogP contribution in [-0.4, -0.2) is 11.1 Å². The van der Waals surface area contributed by atoms with E-state index in [-0.39, 0.29) is 22.0 Å². The first-order valence-electron chi connectivity index (χ1n) is 4.46. The number of aromatic carboxylic acids is 1. The van der Waals surface area contributed by atoms with E-state index in [1.165, 1.54) is 12.1 Å². The third-order valence-electron chi connectivity index (χ3n) is 2.15. The van der Waals surface area contributed by atoms with Crippen molar-refractivity contribution in [2.45, 2.75) is 6.92 Å². The van der Waals surface area contributed by atoms with E-state index >= 15 is 0 Å². The maximum atomic E-state index is 11.7. The fraction of sp³-hybridized carbons (Fsp3) is 0.0909. The van der Waals surface area contributed by atoms with Crippen LogP contribution in [0.3, 0.4) is 0 Å². The van der Waals surface area contributed by atoms with Gasteiger partial charge in [0.2, 0.25) is 0 Å². The van der Waals surface area contributed by atoms with Crippen LogP contribution in [0.4, 0.5) is 0 Å². The molecule has 1 N–H and O–H groups in total. The molecule has 0 atom stereocenters. The summed E-state index contributed by atoms with van der Waals surface area (Å²) in [5.74, 6) is -0.734. The quantitative estimate of drug-likeness (QED) is 0.873. The highest BCUT2D eigenvalue weighted by atomic mass is 79.9. The van der Waals surface area contributed by atoms with Gasteiger partial charge in [-0.05, 0) is 19.1 Å². The van der Waals surface area contributed by atoms with Gasteiger partial charge in [-0.3, -0.25) is 4.79 Å². The number of halogens is 1. The zero-order valence-corrected chi connectivity index (χ0v) is 9.87. The minimum Gasteiger partial charge on any atom is -0.478 e. The van der Waals surface area contributed by atoms with Gasteiger partial charge in [0.15, 0.2) is 11.0 Å². The molecular formula is C11H7BrO4. The number of carboxylic acids is 1. The number of benzene rings is 1. The number of rotatable bonds is 1. The van der Waals surface area contributed by atoms with E-state index in [0.29, 0.717) is 10.2 Å². The lowest BCUT2D eigenvalue weighted by Gasteiger charge is -2.03. The van der Waals surface area contributed by atoms with Crippen LogP contribution < -0.4 is 5.43 Å². The summed E-state index contributed by atoms with van der Waals surface area (Å²) in [5, 5.41) is 9.27. The second-order valence-electron chi connectivity index (χ2n) is 3.36. The third-order valence-corrected chi connectivity index (χ3v) is 2.60. The first kappa shape index (κ1) is 10.9. The summed E-state index contributed by atoms with van der Waals surface area (Å²) in [6.07, 6.45) is 0. The Labute approximate surface area is 98.6 Å². The molecule has 0 spiro atoms. The topological polar surface area (TPSA) is 67.5 Å². The average Bonchev–Trinajstić information content (AvgIpc) is 2.18. The van der Waals surface area contributed by atoms with E-state index < -0.39 is 5.97 Å². The Morgan fingerprint density at radius 2 is 2.06 bits per heavy atom. The van der Waals surface area contributed by atoms with Gasteiger partial charge in [-0.15, -0.1) is 0 Å². The number of carbonyl (C=O) groups is 1. The van der Waals surface area contributed by atoms with Crippen LogP contribution >= 0.6 is 15.9 Å². The summed E-state index contributed by atoms with van der Waals surface area (Å²) >= 11 is 3.16. The lowest BCUT2D eigenvalue weighted by molar-refractivity contribution is 0.0697. The number of carboxylic acid groups (broad SMARTS) is 1. The number of fused-ring (bicyclic) bond motifs is 1. The largest absolute Gasteiger partial charge is 0.478 e. The molecule has 0 unspecified atom stereocenters. The molecule has 2 rings (SSSR count). The van der Waals surface area contributed by atoms with E-state index in [9.17, 15) is 9.59 Å². The van der Waals surface area contributed by atoms with Gasteiger partial charge >= 0.3 is 5.97 Å². The predicted octanol–water partition coefficient (Wildman–Crippen LogP) is 2.56. The first-order valence-corrected chi connectivity index (χ1v) is 5.25. The summed E-state index contributed by atoms with van der Waals surface area (Å²) in [4.78, 5) is 22.7. The molecule has 0 bridgehead atoms. The molecule has 0 amide bonds. The molecule has 1 heterocycles. The van der Waals surface area contributed by atoms with E-state index in [1.807, 2.05) is 0 Å². The van der Waals surface area contributed by atoms with E-state index in [4.69, 9.17) is 9.52 Å². The molecule has 4 nitrogen and oxygen atoms in total. The van der Waals surface area contributed by atoms with Crippen LogP contribution in [0.1, 0.15) is 16.1 Å². The normalized spacial score (nSPS) is 10.6. The van der Waals surface area contributed by atoms with Gasteiger partial charge in [0.25, 0.3) is 0 Å². The van der Waals surface area contributed by atoms with Crippen molar-refractivity contribution in [3.63, 3.8) is 0 Å². The summed E-state index contributed by atoms with van der Waals surface area (Å²) in [6, 6.07) is 4.29. The van der Waals surface area contributed by atoms with Gasteiger partial charge in [0.1, 0.15) is 11.3 Å². The van der Waals surface area contributed by atoms with Crippen molar-refractivity contribution >= 4 is 32.9 Å². The Bertz CT molecular complexity index is 642. The molecule has 0 aliphatic heterocycles. The zero-order chi connectivity index (χ0) is 11.9. The predicted molar refractivity (Wildman–Crippen MR) is 61.9 cm³/mol. The highest BCUT2D eigenvalue weighted by molar-refractivity contribution is 9.10. The van der Waals surface area contributed by atoms with Crippen LogP contribution in [-0.2, 0) is 0 Å². The van der Waals surface area contributed by atoms with Gasteiger partial charge < -0.3 is 9.52 Å². The lowest BCUT2D eigenvalue weighted by atomic mass is 10.1. The van der Waals surface area contributed by atoms with Crippen molar-refractivity contribution in [3.05, 3.63) is 44.2 Å². The Morgan fingerprint density at radius 3 is 2.69 bits per heavy atom. The molecule has 0 fully saturated rings. The molecule has 2 aromatic rings. The molecule has 16 heavy (non-hydrogen) atoms. The summed E-state index contributed by atoms with van der Waals surface area (Å²) in [5.41, 5.74) is -0.159. The van der Waals surface area contributed by atoms with Gasteiger partial charge in [-0.1, -0.05) is 15.9 Å².